The highest BCUT2D eigenvalue weighted by atomic mass is 16.5. The van der Waals surface area contributed by atoms with E-state index < -0.39 is 0 Å². The third-order valence-electron chi connectivity index (χ3n) is 12.0. The van der Waals surface area contributed by atoms with Gasteiger partial charge in [-0.25, -0.2) is 0 Å². The fraction of sp³-hybridized carbons (Fsp3) is 0. The maximum absolute atomic E-state index is 6.63. The fourth-order valence-corrected chi connectivity index (χ4v) is 9.36. The summed E-state index contributed by atoms with van der Waals surface area (Å²) in [6, 6.07) is 75.3. The SMILES string of the molecule is c1ccc(-c2ccc(-c3ccc4c(c3)-c3cccc5c(-c6ccccc6)ccc(c35)O4)cc2-c2cc3ccc4ccc(-c5ccccc5)c5ccc(c2)c3c45)cc1. The lowest BCUT2D eigenvalue weighted by molar-refractivity contribution is 0.487. The van der Waals surface area contributed by atoms with Crippen LogP contribution in [0, 0.1) is 0 Å². The zero-order valence-electron chi connectivity index (χ0n) is 31.0. The summed E-state index contributed by atoms with van der Waals surface area (Å²) < 4.78 is 6.63. The van der Waals surface area contributed by atoms with E-state index in [1.807, 2.05) is 0 Å². The molecule has 11 aromatic rings. The predicted octanol–water partition coefficient (Wildman–Crippen LogP) is 15.8. The maximum atomic E-state index is 6.63. The number of fused-ring (bicyclic) bond motifs is 2. The van der Waals surface area contributed by atoms with Gasteiger partial charge in [-0.15, -0.1) is 0 Å². The van der Waals surface area contributed by atoms with Gasteiger partial charge in [-0.1, -0.05) is 170 Å². The minimum absolute atomic E-state index is 0.884. The molecule has 0 aliphatic carbocycles. The second kappa shape index (κ2) is 12.5. The molecule has 0 atom stereocenters. The fourth-order valence-electron chi connectivity index (χ4n) is 9.36. The van der Waals surface area contributed by atoms with Crippen LogP contribution in [0.2, 0.25) is 0 Å². The minimum atomic E-state index is 0.884. The van der Waals surface area contributed by atoms with Crippen LogP contribution >= 0.6 is 0 Å². The molecule has 0 fully saturated rings. The molecule has 0 spiro atoms. The molecule has 0 bridgehead atoms. The number of rotatable bonds is 5. The Morgan fingerprint density at radius 2 is 0.754 bits per heavy atom. The molecule has 0 unspecified atom stereocenters. The Balaban J connectivity index is 1.03. The number of ether oxygens (including phenoxy) is 1. The summed E-state index contributed by atoms with van der Waals surface area (Å²) in [6.45, 7) is 0. The maximum Gasteiger partial charge on any atom is 0.135 e. The van der Waals surface area contributed by atoms with Crippen LogP contribution in [0.1, 0.15) is 0 Å². The van der Waals surface area contributed by atoms with Gasteiger partial charge in [0.2, 0.25) is 0 Å². The van der Waals surface area contributed by atoms with Crippen LogP contribution in [0.25, 0.3) is 110 Å². The van der Waals surface area contributed by atoms with Crippen molar-refractivity contribution in [1.29, 1.82) is 0 Å². The molecule has 1 nitrogen and oxygen atoms in total. The monoisotopic (exact) mass is 722 g/mol. The Hall–Kier alpha value is -7.48. The molecular formula is C56H34O. The Kier molecular flexibility index (Phi) is 7.00. The molecule has 0 amide bonds. The van der Waals surface area contributed by atoms with E-state index in [0.717, 1.165) is 28.0 Å². The van der Waals surface area contributed by atoms with Crippen LogP contribution in [0.5, 0.6) is 11.5 Å². The molecule has 1 heterocycles. The Morgan fingerprint density at radius 3 is 1.46 bits per heavy atom. The van der Waals surface area contributed by atoms with Crippen molar-refractivity contribution in [3.63, 3.8) is 0 Å². The average Bonchev–Trinajstić information content (AvgIpc) is 3.29. The van der Waals surface area contributed by atoms with Gasteiger partial charge in [0.25, 0.3) is 0 Å². The van der Waals surface area contributed by atoms with E-state index in [1.165, 1.54) is 93.3 Å². The first-order valence-electron chi connectivity index (χ1n) is 19.7. The van der Waals surface area contributed by atoms with Gasteiger partial charge in [-0.05, 0) is 135 Å². The van der Waals surface area contributed by atoms with Crippen molar-refractivity contribution in [2.24, 2.45) is 0 Å². The van der Waals surface area contributed by atoms with Crippen molar-refractivity contribution in [3.05, 3.63) is 206 Å². The van der Waals surface area contributed by atoms with Crippen molar-refractivity contribution in [2.75, 3.05) is 0 Å². The largest absolute Gasteiger partial charge is 0.456 e. The molecule has 1 aliphatic rings. The molecule has 0 aromatic heterocycles. The van der Waals surface area contributed by atoms with Crippen LogP contribution in [0.4, 0.5) is 0 Å². The van der Waals surface area contributed by atoms with E-state index >= 15 is 0 Å². The van der Waals surface area contributed by atoms with Gasteiger partial charge in [-0.2, -0.15) is 0 Å². The predicted molar refractivity (Wildman–Crippen MR) is 240 cm³/mol. The normalized spacial score (nSPS) is 12.0. The lowest BCUT2D eigenvalue weighted by atomic mass is 9.86. The summed E-state index contributed by atoms with van der Waals surface area (Å²) in [4.78, 5) is 0. The minimum Gasteiger partial charge on any atom is -0.456 e. The zero-order chi connectivity index (χ0) is 37.5. The molecular weight excluding hydrogens is 689 g/mol. The van der Waals surface area contributed by atoms with Crippen molar-refractivity contribution in [1.82, 2.24) is 0 Å². The Bertz CT molecular complexity index is 3330. The quantitative estimate of drug-likeness (QED) is 0.161. The first-order chi connectivity index (χ1) is 28.2. The van der Waals surface area contributed by atoms with E-state index in [2.05, 4.69) is 206 Å². The van der Waals surface area contributed by atoms with E-state index in [9.17, 15) is 0 Å². The summed E-state index contributed by atoms with van der Waals surface area (Å²) in [5.41, 5.74) is 14.4. The second-order valence-corrected chi connectivity index (χ2v) is 15.2. The first-order valence-corrected chi connectivity index (χ1v) is 19.7. The van der Waals surface area contributed by atoms with Crippen molar-refractivity contribution in [3.8, 4) is 78.3 Å². The van der Waals surface area contributed by atoms with E-state index in [4.69, 9.17) is 4.74 Å². The summed E-state index contributed by atoms with van der Waals surface area (Å²) in [7, 11) is 0. The highest BCUT2D eigenvalue weighted by molar-refractivity contribution is 6.26. The van der Waals surface area contributed by atoms with Gasteiger partial charge in [0, 0.05) is 10.9 Å². The molecule has 0 radical (unpaired) electrons. The van der Waals surface area contributed by atoms with Gasteiger partial charge in [0.05, 0.1) is 0 Å². The first kappa shape index (κ1) is 31.8. The van der Waals surface area contributed by atoms with E-state index in [-0.39, 0.29) is 0 Å². The number of benzene rings is 11. The van der Waals surface area contributed by atoms with Gasteiger partial charge < -0.3 is 4.74 Å². The Labute approximate surface area is 331 Å². The number of hydrogen-bond donors (Lipinski definition) is 0. The van der Waals surface area contributed by atoms with Crippen LogP contribution in [0.15, 0.2) is 206 Å². The molecule has 0 saturated carbocycles. The molecule has 57 heavy (non-hydrogen) atoms. The van der Waals surface area contributed by atoms with Crippen LogP contribution < -0.4 is 4.74 Å². The third kappa shape index (κ3) is 5.03. The highest BCUT2D eigenvalue weighted by Crippen LogP contribution is 2.50. The highest BCUT2D eigenvalue weighted by Gasteiger charge is 2.23. The van der Waals surface area contributed by atoms with Crippen molar-refractivity contribution in [2.45, 2.75) is 0 Å². The van der Waals surface area contributed by atoms with Crippen molar-refractivity contribution < 1.29 is 4.74 Å². The summed E-state index contributed by atoms with van der Waals surface area (Å²) in [6.07, 6.45) is 0. The third-order valence-corrected chi connectivity index (χ3v) is 12.0. The Morgan fingerprint density at radius 1 is 0.228 bits per heavy atom. The van der Waals surface area contributed by atoms with Gasteiger partial charge in [0.1, 0.15) is 11.5 Å². The molecule has 12 rings (SSSR count). The summed E-state index contributed by atoms with van der Waals surface area (Å²) in [5, 5.41) is 10.1. The zero-order valence-corrected chi connectivity index (χ0v) is 31.0. The molecule has 264 valence electrons. The molecule has 0 saturated heterocycles. The number of hydrogen-bond acceptors (Lipinski definition) is 1. The lowest BCUT2D eigenvalue weighted by Crippen LogP contribution is -1.98. The smallest absolute Gasteiger partial charge is 0.135 e. The molecule has 1 aliphatic heterocycles. The summed E-state index contributed by atoms with van der Waals surface area (Å²) >= 11 is 0. The van der Waals surface area contributed by atoms with Crippen molar-refractivity contribution >= 4 is 43.1 Å². The molecule has 1 heteroatoms. The second-order valence-electron chi connectivity index (χ2n) is 15.2. The van der Waals surface area contributed by atoms with Crippen LogP contribution in [-0.2, 0) is 0 Å². The summed E-state index contributed by atoms with van der Waals surface area (Å²) in [5.74, 6) is 1.79. The van der Waals surface area contributed by atoms with Crippen LogP contribution in [-0.4, -0.2) is 0 Å². The lowest BCUT2D eigenvalue weighted by Gasteiger charge is -2.23. The van der Waals surface area contributed by atoms with Gasteiger partial charge >= 0.3 is 0 Å². The molecule has 0 N–H and O–H groups in total. The van der Waals surface area contributed by atoms with E-state index in [0.29, 0.717) is 0 Å². The van der Waals surface area contributed by atoms with Gasteiger partial charge in [0.15, 0.2) is 0 Å². The van der Waals surface area contributed by atoms with E-state index in [1.54, 1.807) is 0 Å². The van der Waals surface area contributed by atoms with Crippen LogP contribution in [0.3, 0.4) is 0 Å². The van der Waals surface area contributed by atoms with Gasteiger partial charge in [-0.3, -0.25) is 0 Å². The standard InChI is InChI=1S/C56H34O/c1-4-11-35(12-5-1)44-25-21-38-19-20-41-31-43(32-42-23-27-49(44)55(38)54(41)42)50-33-39(22-26-46(50)37-15-8-3-9-16-37)40-24-29-52-51(34-40)48-18-10-17-47-45(36-13-6-2-7-14-36)28-30-53(57-52)56(47)48/h1-34H. The average molecular weight is 723 g/mol. The molecule has 11 aromatic carbocycles. The topological polar surface area (TPSA) is 9.23 Å².